The van der Waals surface area contributed by atoms with Crippen LogP contribution in [0.3, 0.4) is 0 Å². The van der Waals surface area contributed by atoms with Crippen molar-refractivity contribution in [2.24, 2.45) is 0 Å². The Bertz CT molecular complexity index is 1260. The van der Waals surface area contributed by atoms with Crippen LogP contribution in [0.2, 0.25) is 0 Å². The summed E-state index contributed by atoms with van der Waals surface area (Å²) in [5.74, 6) is -0.840. The minimum atomic E-state index is -0.770. The maximum absolute atomic E-state index is 12.9. The quantitative estimate of drug-likeness (QED) is 0.0261. The Morgan fingerprint density at radius 3 is 0.642 bits per heavy atom. The molecule has 6 nitrogen and oxygen atoms in total. The van der Waals surface area contributed by atoms with Crippen LogP contribution in [-0.4, -0.2) is 37.2 Å². The molecule has 0 aromatic heterocycles. The first-order valence-corrected chi connectivity index (χ1v) is 37.2. The monoisotopic (exact) mass is 1140 g/mol. The zero-order valence-electron chi connectivity index (χ0n) is 55.4. The lowest BCUT2D eigenvalue weighted by Gasteiger charge is -2.18. The van der Waals surface area contributed by atoms with Gasteiger partial charge in [-0.2, -0.15) is 0 Å². The average Bonchev–Trinajstić information content (AvgIpc) is 3.47. The molecular weight excluding hydrogens is 997 g/mol. The lowest BCUT2D eigenvalue weighted by atomic mass is 10.0. The van der Waals surface area contributed by atoms with Gasteiger partial charge in [-0.25, -0.2) is 0 Å². The molecule has 1 atom stereocenters. The summed E-state index contributed by atoms with van der Waals surface area (Å²) in [5, 5.41) is 0. The van der Waals surface area contributed by atoms with Gasteiger partial charge in [0.25, 0.3) is 0 Å². The van der Waals surface area contributed by atoms with Crippen LogP contribution in [0, 0.1) is 0 Å². The standard InChI is InChI=1S/C75H144O6/c1-4-7-10-13-16-19-22-25-27-29-31-33-34-35-36-37-38-39-40-41-42-43-45-46-48-50-53-56-59-62-65-68-74(77)80-71-72(70-79-73(76)67-64-61-58-55-52-24-21-18-15-12-9-6-3)81-75(78)69-66-63-60-57-54-51-49-47-44-32-30-28-26-23-20-17-14-11-8-5-2/h18,21,72H,4-17,19-20,22-71H2,1-3H3/b21-18-. The minimum absolute atomic E-state index is 0.0657. The fourth-order valence-corrected chi connectivity index (χ4v) is 11.7. The van der Waals surface area contributed by atoms with Gasteiger partial charge in [0, 0.05) is 19.3 Å². The molecule has 0 heterocycles. The third-order valence-electron chi connectivity index (χ3n) is 17.3. The molecular formula is C75H144O6. The molecule has 0 aliphatic heterocycles. The molecule has 0 amide bonds. The Labute approximate surface area is 507 Å². The highest BCUT2D eigenvalue weighted by Crippen LogP contribution is 2.20. The summed E-state index contributed by atoms with van der Waals surface area (Å²) in [6, 6.07) is 0. The third-order valence-corrected chi connectivity index (χ3v) is 17.3. The number of hydrogen-bond acceptors (Lipinski definition) is 6. The topological polar surface area (TPSA) is 78.9 Å². The van der Waals surface area contributed by atoms with Crippen molar-refractivity contribution in [3.8, 4) is 0 Å². The van der Waals surface area contributed by atoms with Crippen molar-refractivity contribution in [1.29, 1.82) is 0 Å². The molecule has 0 saturated carbocycles. The maximum Gasteiger partial charge on any atom is 0.306 e. The van der Waals surface area contributed by atoms with E-state index in [4.69, 9.17) is 14.2 Å². The van der Waals surface area contributed by atoms with Crippen molar-refractivity contribution < 1.29 is 28.6 Å². The molecule has 0 spiro atoms. The fourth-order valence-electron chi connectivity index (χ4n) is 11.7. The van der Waals surface area contributed by atoms with Gasteiger partial charge in [0.05, 0.1) is 0 Å². The molecule has 0 radical (unpaired) electrons. The Kier molecular flexibility index (Phi) is 69.0. The van der Waals surface area contributed by atoms with Crippen molar-refractivity contribution in [2.45, 2.75) is 438 Å². The molecule has 1 unspecified atom stereocenters. The Morgan fingerprint density at radius 2 is 0.407 bits per heavy atom. The summed E-state index contributed by atoms with van der Waals surface area (Å²) in [7, 11) is 0. The second-order valence-corrected chi connectivity index (χ2v) is 25.6. The van der Waals surface area contributed by atoms with Crippen LogP contribution < -0.4 is 0 Å². The Morgan fingerprint density at radius 1 is 0.235 bits per heavy atom. The average molecular weight is 1140 g/mol. The van der Waals surface area contributed by atoms with Gasteiger partial charge >= 0.3 is 17.9 Å². The summed E-state index contributed by atoms with van der Waals surface area (Å²) in [5.41, 5.74) is 0. The van der Waals surface area contributed by atoms with Crippen molar-refractivity contribution in [2.75, 3.05) is 13.2 Å². The van der Waals surface area contributed by atoms with Gasteiger partial charge in [-0.1, -0.05) is 380 Å². The molecule has 0 fully saturated rings. The van der Waals surface area contributed by atoms with Crippen LogP contribution in [0.4, 0.5) is 0 Å². The van der Waals surface area contributed by atoms with E-state index >= 15 is 0 Å². The Hall–Kier alpha value is -1.85. The third kappa shape index (κ3) is 68.8. The zero-order valence-corrected chi connectivity index (χ0v) is 55.4. The van der Waals surface area contributed by atoms with Gasteiger partial charge in [-0.05, 0) is 44.9 Å². The number of allylic oxidation sites excluding steroid dienone is 2. The van der Waals surface area contributed by atoms with E-state index in [-0.39, 0.29) is 31.1 Å². The van der Waals surface area contributed by atoms with Crippen molar-refractivity contribution >= 4 is 17.9 Å². The van der Waals surface area contributed by atoms with Crippen molar-refractivity contribution in [3.63, 3.8) is 0 Å². The molecule has 6 heteroatoms. The molecule has 0 aromatic carbocycles. The molecule has 0 aliphatic carbocycles. The minimum Gasteiger partial charge on any atom is -0.462 e. The molecule has 0 aliphatic rings. The van der Waals surface area contributed by atoms with E-state index in [1.54, 1.807) is 0 Å². The number of rotatable bonds is 70. The van der Waals surface area contributed by atoms with E-state index in [1.807, 2.05) is 0 Å². The van der Waals surface area contributed by atoms with Crippen LogP contribution in [0.25, 0.3) is 0 Å². The molecule has 0 rings (SSSR count). The predicted molar refractivity (Wildman–Crippen MR) is 353 cm³/mol. The largest absolute Gasteiger partial charge is 0.462 e. The first-order chi connectivity index (χ1) is 40.0. The maximum atomic E-state index is 12.9. The zero-order chi connectivity index (χ0) is 58.5. The van der Waals surface area contributed by atoms with Gasteiger partial charge in [0.15, 0.2) is 6.10 Å². The van der Waals surface area contributed by atoms with E-state index in [1.165, 1.54) is 327 Å². The van der Waals surface area contributed by atoms with E-state index < -0.39 is 6.10 Å². The number of esters is 3. The highest BCUT2D eigenvalue weighted by molar-refractivity contribution is 5.71. The highest BCUT2D eigenvalue weighted by atomic mass is 16.6. The molecule has 480 valence electrons. The van der Waals surface area contributed by atoms with Gasteiger partial charge in [-0.3, -0.25) is 14.4 Å². The smallest absolute Gasteiger partial charge is 0.306 e. The van der Waals surface area contributed by atoms with Crippen LogP contribution in [0.1, 0.15) is 432 Å². The number of carbonyl (C=O) groups excluding carboxylic acids is 3. The van der Waals surface area contributed by atoms with E-state index in [9.17, 15) is 14.4 Å². The SMILES string of the molecule is CCCCC/C=C\CCCCCCCC(=O)OCC(COC(=O)CCCCCCCCCCCCCCCCCCCCCCCCCCCCCCCCC)OC(=O)CCCCCCCCCCCCCCCCCCCCCC. The lowest BCUT2D eigenvalue weighted by Crippen LogP contribution is -2.30. The van der Waals surface area contributed by atoms with E-state index in [2.05, 4.69) is 32.9 Å². The van der Waals surface area contributed by atoms with Gasteiger partial charge in [-0.15, -0.1) is 0 Å². The summed E-state index contributed by atoms with van der Waals surface area (Å²) in [4.78, 5) is 38.4. The number of unbranched alkanes of at least 4 members (excludes halogenated alkanes) is 57. The first-order valence-electron chi connectivity index (χ1n) is 37.2. The van der Waals surface area contributed by atoms with Crippen LogP contribution in [0.15, 0.2) is 12.2 Å². The number of hydrogen-bond donors (Lipinski definition) is 0. The summed E-state index contributed by atoms with van der Waals surface area (Å²) >= 11 is 0. The molecule has 0 saturated heterocycles. The second-order valence-electron chi connectivity index (χ2n) is 25.6. The molecule has 0 aromatic rings. The Balaban J connectivity index is 4.10. The molecule has 81 heavy (non-hydrogen) atoms. The summed E-state index contributed by atoms with van der Waals surface area (Å²) < 4.78 is 17.0. The predicted octanol–water partition coefficient (Wildman–Crippen LogP) is 25.6. The van der Waals surface area contributed by atoms with Crippen molar-refractivity contribution in [1.82, 2.24) is 0 Å². The lowest BCUT2D eigenvalue weighted by molar-refractivity contribution is -0.167. The second kappa shape index (κ2) is 70.6. The van der Waals surface area contributed by atoms with Crippen molar-refractivity contribution in [3.05, 3.63) is 12.2 Å². The summed E-state index contributed by atoms with van der Waals surface area (Å²) in [6.45, 7) is 6.70. The number of ether oxygens (including phenoxy) is 3. The van der Waals surface area contributed by atoms with Gasteiger partial charge < -0.3 is 14.2 Å². The highest BCUT2D eigenvalue weighted by Gasteiger charge is 2.20. The van der Waals surface area contributed by atoms with E-state index in [0.29, 0.717) is 19.3 Å². The summed E-state index contributed by atoms with van der Waals surface area (Å²) in [6.07, 6.45) is 85.6. The number of carbonyl (C=O) groups is 3. The van der Waals surface area contributed by atoms with Crippen LogP contribution >= 0.6 is 0 Å². The van der Waals surface area contributed by atoms with Gasteiger partial charge in [0.2, 0.25) is 0 Å². The normalized spacial score (nSPS) is 12.0. The fraction of sp³-hybridized carbons (Fsp3) is 0.933. The van der Waals surface area contributed by atoms with Crippen LogP contribution in [-0.2, 0) is 28.6 Å². The van der Waals surface area contributed by atoms with Crippen LogP contribution in [0.5, 0.6) is 0 Å². The van der Waals surface area contributed by atoms with E-state index in [0.717, 1.165) is 64.2 Å². The molecule has 0 bridgehead atoms. The molecule has 0 N–H and O–H groups in total. The first kappa shape index (κ1) is 79.2. The van der Waals surface area contributed by atoms with Gasteiger partial charge in [0.1, 0.15) is 13.2 Å².